The minimum absolute atomic E-state index is 0.0464. The lowest BCUT2D eigenvalue weighted by Gasteiger charge is -2.13. The fourth-order valence-corrected chi connectivity index (χ4v) is 0.572. The van der Waals surface area contributed by atoms with Crippen LogP contribution >= 0.6 is 0 Å². The predicted molar refractivity (Wildman–Crippen MR) is 45.5 cm³/mol. The van der Waals surface area contributed by atoms with Gasteiger partial charge in [-0.3, -0.25) is 4.79 Å². The molecule has 0 spiro atoms. The molecular formula is C7H15N3O2. The lowest BCUT2D eigenvalue weighted by Crippen LogP contribution is -2.48. The Morgan fingerprint density at radius 3 is 2.00 bits per heavy atom. The van der Waals surface area contributed by atoms with Crippen LogP contribution in [0.2, 0.25) is 0 Å². The van der Waals surface area contributed by atoms with Crippen LogP contribution in [0.25, 0.3) is 0 Å². The number of urea groups is 1. The normalized spacial score (nSPS) is 12.3. The molecule has 5 nitrogen and oxygen atoms in total. The van der Waals surface area contributed by atoms with Gasteiger partial charge in [-0.1, -0.05) is 0 Å². The molecular weight excluding hydrogens is 158 g/mol. The van der Waals surface area contributed by atoms with Crippen molar-refractivity contribution in [3.05, 3.63) is 0 Å². The van der Waals surface area contributed by atoms with Crippen LogP contribution in [0.3, 0.4) is 0 Å². The molecule has 0 saturated heterocycles. The van der Waals surface area contributed by atoms with Crippen molar-refractivity contribution in [1.82, 2.24) is 10.6 Å². The standard InChI is InChI=1S/C7H15N3O2/c1-4(2)9-7(12)10-5(3)6(8)11/h4-5H,1-3H3,(H2,8,11)(H2,9,10,12). The van der Waals surface area contributed by atoms with Crippen LogP contribution in [0.1, 0.15) is 20.8 Å². The summed E-state index contributed by atoms with van der Waals surface area (Å²) in [4.78, 5) is 21.4. The van der Waals surface area contributed by atoms with Crippen LogP contribution in [0.5, 0.6) is 0 Å². The summed E-state index contributed by atoms with van der Waals surface area (Å²) in [5.74, 6) is -0.547. The molecule has 0 aliphatic carbocycles. The number of amides is 3. The van der Waals surface area contributed by atoms with Gasteiger partial charge in [-0.2, -0.15) is 0 Å². The lowest BCUT2D eigenvalue weighted by molar-refractivity contribution is -0.119. The van der Waals surface area contributed by atoms with E-state index in [0.29, 0.717) is 0 Å². The second-order valence-corrected chi connectivity index (χ2v) is 2.90. The van der Waals surface area contributed by atoms with Gasteiger partial charge >= 0.3 is 6.03 Å². The van der Waals surface area contributed by atoms with E-state index in [4.69, 9.17) is 5.73 Å². The Labute approximate surface area is 71.7 Å². The van der Waals surface area contributed by atoms with Gasteiger partial charge in [0.05, 0.1) is 0 Å². The van der Waals surface area contributed by atoms with Gasteiger partial charge in [0, 0.05) is 6.04 Å². The molecule has 0 heterocycles. The topological polar surface area (TPSA) is 84.2 Å². The Balaban J connectivity index is 3.77. The fourth-order valence-electron chi connectivity index (χ4n) is 0.572. The molecule has 5 heteroatoms. The quantitative estimate of drug-likeness (QED) is 0.541. The monoisotopic (exact) mass is 173 g/mol. The number of primary amides is 1. The van der Waals surface area contributed by atoms with Crippen molar-refractivity contribution in [2.45, 2.75) is 32.9 Å². The van der Waals surface area contributed by atoms with Gasteiger partial charge in [-0.15, -0.1) is 0 Å². The number of hydrogen-bond donors (Lipinski definition) is 3. The first kappa shape index (κ1) is 10.7. The molecule has 0 aliphatic rings. The second kappa shape index (κ2) is 4.58. The zero-order valence-corrected chi connectivity index (χ0v) is 7.55. The average Bonchev–Trinajstić information content (AvgIpc) is 1.84. The summed E-state index contributed by atoms with van der Waals surface area (Å²) in [5, 5.41) is 4.96. The molecule has 70 valence electrons. The van der Waals surface area contributed by atoms with Crippen molar-refractivity contribution in [3.8, 4) is 0 Å². The summed E-state index contributed by atoms with van der Waals surface area (Å²) < 4.78 is 0. The molecule has 0 aromatic heterocycles. The Morgan fingerprint density at radius 1 is 1.17 bits per heavy atom. The number of hydrogen-bond acceptors (Lipinski definition) is 2. The number of carbonyl (C=O) groups excluding carboxylic acids is 2. The number of rotatable bonds is 3. The third kappa shape index (κ3) is 4.54. The highest BCUT2D eigenvalue weighted by Gasteiger charge is 2.11. The zero-order valence-electron chi connectivity index (χ0n) is 7.55. The summed E-state index contributed by atoms with van der Waals surface area (Å²) in [6.07, 6.45) is 0. The molecule has 1 unspecified atom stereocenters. The number of nitrogens with two attached hydrogens (primary N) is 1. The first-order valence-corrected chi connectivity index (χ1v) is 3.79. The van der Waals surface area contributed by atoms with Gasteiger partial charge in [0.15, 0.2) is 0 Å². The minimum Gasteiger partial charge on any atom is -0.368 e. The maximum absolute atomic E-state index is 10.9. The molecule has 0 aromatic carbocycles. The van der Waals surface area contributed by atoms with Crippen LogP contribution in [0.4, 0.5) is 4.79 Å². The van der Waals surface area contributed by atoms with Crippen molar-refractivity contribution in [2.24, 2.45) is 5.73 Å². The maximum atomic E-state index is 10.9. The maximum Gasteiger partial charge on any atom is 0.315 e. The van der Waals surface area contributed by atoms with E-state index in [0.717, 1.165) is 0 Å². The van der Waals surface area contributed by atoms with Gasteiger partial charge in [0.2, 0.25) is 5.91 Å². The van der Waals surface area contributed by atoms with Gasteiger partial charge in [0.25, 0.3) is 0 Å². The molecule has 1 atom stereocenters. The van der Waals surface area contributed by atoms with Crippen molar-refractivity contribution in [3.63, 3.8) is 0 Å². The van der Waals surface area contributed by atoms with E-state index in [2.05, 4.69) is 10.6 Å². The van der Waals surface area contributed by atoms with Crippen LogP contribution in [-0.4, -0.2) is 24.0 Å². The Morgan fingerprint density at radius 2 is 1.67 bits per heavy atom. The smallest absolute Gasteiger partial charge is 0.315 e. The highest BCUT2D eigenvalue weighted by atomic mass is 16.2. The molecule has 0 fully saturated rings. The summed E-state index contributed by atoms with van der Waals surface area (Å²) in [7, 11) is 0. The van der Waals surface area contributed by atoms with E-state index in [9.17, 15) is 9.59 Å². The molecule has 0 aliphatic heterocycles. The van der Waals surface area contributed by atoms with Crippen molar-refractivity contribution in [1.29, 1.82) is 0 Å². The van der Waals surface area contributed by atoms with Gasteiger partial charge in [0.1, 0.15) is 6.04 Å². The van der Waals surface area contributed by atoms with Crippen molar-refractivity contribution < 1.29 is 9.59 Å². The Hall–Kier alpha value is -1.26. The molecule has 0 rings (SSSR count). The molecule has 0 radical (unpaired) electrons. The first-order valence-electron chi connectivity index (χ1n) is 3.79. The highest BCUT2D eigenvalue weighted by molar-refractivity contribution is 5.85. The van der Waals surface area contributed by atoms with Crippen molar-refractivity contribution in [2.75, 3.05) is 0 Å². The number of nitrogens with one attached hydrogen (secondary N) is 2. The molecule has 3 amide bonds. The first-order chi connectivity index (χ1) is 5.43. The van der Waals surface area contributed by atoms with Crippen LogP contribution in [-0.2, 0) is 4.79 Å². The molecule has 4 N–H and O–H groups in total. The highest BCUT2D eigenvalue weighted by Crippen LogP contribution is 1.81. The summed E-state index contributed by atoms with van der Waals surface area (Å²) in [5.41, 5.74) is 4.93. The predicted octanol–water partition coefficient (Wildman–Crippen LogP) is -0.432. The SMILES string of the molecule is CC(C)NC(=O)NC(C)C(N)=O. The summed E-state index contributed by atoms with van der Waals surface area (Å²) in [6.45, 7) is 5.19. The Kier molecular flexibility index (Phi) is 4.10. The molecule has 12 heavy (non-hydrogen) atoms. The molecule has 0 bridgehead atoms. The average molecular weight is 173 g/mol. The second-order valence-electron chi connectivity index (χ2n) is 2.90. The molecule has 0 aromatic rings. The van der Waals surface area contributed by atoms with E-state index in [1.165, 1.54) is 6.92 Å². The van der Waals surface area contributed by atoms with Gasteiger partial charge < -0.3 is 16.4 Å². The van der Waals surface area contributed by atoms with E-state index < -0.39 is 11.9 Å². The summed E-state index contributed by atoms with van der Waals surface area (Å²) in [6, 6.07) is -0.967. The van der Waals surface area contributed by atoms with E-state index in [-0.39, 0.29) is 12.1 Å². The third-order valence-electron chi connectivity index (χ3n) is 1.19. The van der Waals surface area contributed by atoms with E-state index >= 15 is 0 Å². The molecule has 0 saturated carbocycles. The fraction of sp³-hybridized carbons (Fsp3) is 0.714. The van der Waals surface area contributed by atoms with Crippen LogP contribution < -0.4 is 16.4 Å². The van der Waals surface area contributed by atoms with Crippen LogP contribution in [0.15, 0.2) is 0 Å². The largest absolute Gasteiger partial charge is 0.368 e. The van der Waals surface area contributed by atoms with E-state index in [1.54, 1.807) is 0 Å². The van der Waals surface area contributed by atoms with Gasteiger partial charge in [-0.05, 0) is 20.8 Å². The van der Waals surface area contributed by atoms with Crippen LogP contribution in [0, 0.1) is 0 Å². The zero-order chi connectivity index (χ0) is 9.72. The van der Waals surface area contributed by atoms with Crippen molar-refractivity contribution >= 4 is 11.9 Å². The lowest BCUT2D eigenvalue weighted by atomic mass is 10.3. The number of carbonyl (C=O) groups is 2. The van der Waals surface area contributed by atoms with E-state index in [1.807, 2.05) is 13.8 Å². The Bertz CT molecular complexity index is 179. The summed E-state index contributed by atoms with van der Waals surface area (Å²) >= 11 is 0. The van der Waals surface area contributed by atoms with Gasteiger partial charge in [-0.25, -0.2) is 4.79 Å². The minimum atomic E-state index is -0.635. The third-order valence-corrected chi connectivity index (χ3v) is 1.19.